The van der Waals surface area contributed by atoms with Crippen molar-refractivity contribution in [3.63, 3.8) is 0 Å². The Morgan fingerprint density at radius 1 is 1.33 bits per heavy atom. The van der Waals surface area contributed by atoms with E-state index in [4.69, 9.17) is 16.3 Å². The summed E-state index contributed by atoms with van der Waals surface area (Å²) in [5.41, 5.74) is 1.33. The highest BCUT2D eigenvalue weighted by Gasteiger charge is 2.24. The van der Waals surface area contributed by atoms with E-state index in [1.54, 1.807) is 36.9 Å². The number of carbonyl (C=O) groups excluding carboxylic acids is 1. The van der Waals surface area contributed by atoms with Crippen LogP contribution in [0.1, 0.15) is 30.8 Å². The Kier molecular flexibility index (Phi) is 6.31. The maximum atomic E-state index is 12.9. The Bertz CT molecular complexity index is 1080. The van der Waals surface area contributed by atoms with E-state index >= 15 is 0 Å². The topological polar surface area (TPSA) is 112 Å². The van der Waals surface area contributed by atoms with E-state index in [-0.39, 0.29) is 23.0 Å². The quantitative estimate of drug-likeness (QED) is 0.424. The summed E-state index contributed by atoms with van der Waals surface area (Å²) in [5.74, 6) is 0.251. The number of amides is 1. The zero-order valence-corrected chi connectivity index (χ0v) is 17.4. The maximum Gasteiger partial charge on any atom is 0.275 e. The lowest BCUT2D eigenvalue weighted by atomic mass is 10.2. The molecular weight excluding hydrogens is 410 g/mol. The number of hydrogen-bond acceptors (Lipinski definition) is 6. The van der Waals surface area contributed by atoms with Gasteiger partial charge in [0.25, 0.3) is 5.69 Å². The van der Waals surface area contributed by atoms with Gasteiger partial charge in [-0.25, -0.2) is 0 Å². The molecule has 0 aliphatic rings. The number of anilines is 1. The van der Waals surface area contributed by atoms with Crippen LogP contribution in [0.15, 0.2) is 42.7 Å². The van der Waals surface area contributed by atoms with Crippen LogP contribution in [-0.2, 0) is 4.79 Å². The van der Waals surface area contributed by atoms with Crippen LogP contribution >= 0.6 is 11.6 Å². The summed E-state index contributed by atoms with van der Waals surface area (Å²) in [7, 11) is 0. The van der Waals surface area contributed by atoms with E-state index in [0.29, 0.717) is 28.6 Å². The third-order valence-corrected chi connectivity index (χ3v) is 5.01. The Morgan fingerprint density at radius 2 is 2.10 bits per heavy atom. The van der Waals surface area contributed by atoms with Gasteiger partial charge in [0.2, 0.25) is 5.91 Å². The van der Waals surface area contributed by atoms with Crippen LogP contribution in [-0.4, -0.2) is 25.6 Å². The predicted molar refractivity (Wildman–Crippen MR) is 112 cm³/mol. The van der Waals surface area contributed by atoms with E-state index in [9.17, 15) is 14.9 Å². The number of non-ortho nitro benzene ring substituents is 1. The smallest absolute Gasteiger partial charge is 0.275 e. The van der Waals surface area contributed by atoms with Crippen LogP contribution < -0.4 is 10.1 Å². The fourth-order valence-corrected chi connectivity index (χ4v) is 3.13. The molecule has 0 fully saturated rings. The molecule has 9 nitrogen and oxygen atoms in total. The molecule has 1 N–H and O–H groups in total. The molecule has 1 amide bonds. The van der Waals surface area contributed by atoms with Crippen molar-refractivity contribution in [2.24, 2.45) is 0 Å². The average molecular weight is 430 g/mol. The van der Waals surface area contributed by atoms with Gasteiger partial charge in [-0.2, -0.15) is 5.10 Å². The molecule has 10 heteroatoms. The van der Waals surface area contributed by atoms with E-state index in [1.807, 2.05) is 6.92 Å². The lowest BCUT2D eigenvalue weighted by Crippen LogP contribution is -2.27. The molecule has 3 aromatic rings. The van der Waals surface area contributed by atoms with Crippen molar-refractivity contribution in [1.82, 2.24) is 14.8 Å². The number of rotatable bonds is 7. The van der Waals surface area contributed by atoms with E-state index in [0.717, 1.165) is 0 Å². The molecule has 2 heterocycles. The number of nitro benzene ring substituents is 1. The highest BCUT2D eigenvalue weighted by molar-refractivity contribution is 6.31. The Hall–Kier alpha value is -3.46. The molecule has 0 spiro atoms. The van der Waals surface area contributed by atoms with Gasteiger partial charge in [0.15, 0.2) is 0 Å². The minimum absolute atomic E-state index is 0.203. The Labute approximate surface area is 177 Å². The normalized spacial score (nSPS) is 11.7. The molecule has 0 saturated carbocycles. The molecule has 1 unspecified atom stereocenters. The highest BCUT2D eigenvalue weighted by atomic mass is 35.5. The SMILES string of the molecule is CCC(C(=O)Nc1cc(Oc2cccnc2)cc([N+](=O)[O-])c1)n1nc(C)c(Cl)c1C. The first-order valence-electron chi connectivity index (χ1n) is 9.19. The van der Waals surface area contributed by atoms with Crippen molar-refractivity contribution in [1.29, 1.82) is 0 Å². The van der Waals surface area contributed by atoms with Crippen LogP contribution in [0.3, 0.4) is 0 Å². The Morgan fingerprint density at radius 3 is 2.67 bits per heavy atom. The Balaban J connectivity index is 1.89. The second kappa shape index (κ2) is 8.91. The highest BCUT2D eigenvalue weighted by Crippen LogP contribution is 2.30. The zero-order chi connectivity index (χ0) is 21.8. The third kappa shape index (κ3) is 4.57. The van der Waals surface area contributed by atoms with Crippen LogP contribution in [0.2, 0.25) is 5.02 Å². The number of carbonyl (C=O) groups is 1. The number of benzene rings is 1. The van der Waals surface area contributed by atoms with Gasteiger partial charge in [-0.1, -0.05) is 18.5 Å². The van der Waals surface area contributed by atoms with Crippen molar-refractivity contribution in [2.45, 2.75) is 33.2 Å². The fourth-order valence-electron chi connectivity index (χ4n) is 3.00. The predicted octanol–water partition coefficient (Wildman–Crippen LogP) is 4.84. The molecular formula is C20H20ClN5O4. The fraction of sp³-hybridized carbons (Fsp3) is 0.250. The first-order chi connectivity index (χ1) is 14.3. The van der Waals surface area contributed by atoms with Gasteiger partial charge in [0.1, 0.15) is 17.5 Å². The summed E-state index contributed by atoms with van der Waals surface area (Å²) in [6.45, 7) is 5.39. The van der Waals surface area contributed by atoms with Gasteiger partial charge in [0, 0.05) is 18.3 Å². The summed E-state index contributed by atoms with van der Waals surface area (Å²) in [4.78, 5) is 27.7. The van der Waals surface area contributed by atoms with Crippen LogP contribution in [0.25, 0.3) is 0 Å². The number of nitrogens with zero attached hydrogens (tertiary/aromatic N) is 4. The van der Waals surface area contributed by atoms with Gasteiger partial charge < -0.3 is 10.1 Å². The van der Waals surface area contributed by atoms with Gasteiger partial charge in [-0.3, -0.25) is 24.6 Å². The van der Waals surface area contributed by atoms with E-state index in [1.165, 1.54) is 24.4 Å². The maximum absolute atomic E-state index is 12.9. The number of hydrogen-bond donors (Lipinski definition) is 1. The summed E-state index contributed by atoms with van der Waals surface area (Å²) < 4.78 is 7.21. The summed E-state index contributed by atoms with van der Waals surface area (Å²) in [6.07, 6.45) is 3.52. The zero-order valence-electron chi connectivity index (χ0n) is 16.6. The number of pyridine rings is 1. The van der Waals surface area contributed by atoms with Gasteiger partial charge >= 0.3 is 0 Å². The number of ether oxygens (including phenoxy) is 1. The summed E-state index contributed by atoms with van der Waals surface area (Å²) >= 11 is 6.21. The molecule has 1 aromatic carbocycles. The first-order valence-corrected chi connectivity index (χ1v) is 9.57. The van der Waals surface area contributed by atoms with Crippen molar-refractivity contribution < 1.29 is 14.5 Å². The number of halogens is 1. The second-order valence-electron chi connectivity index (χ2n) is 6.61. The van der Waals surface area contributed by atoms with Crippen molar-refractivity contribution >= 4 is 28.9 Å². The lowest BCUT2D eigenvalue weighted by Gasteiger charge is -2.17. The van der Waals surface area contributed by atoms with E-state index in [2.05, 4.69) is 15.4 Å². The number of nitro groups is 1. The molecule has 0 aliphatic carbocycles. The molecule has 0 radical (unpaired) electrons. The van der Waals surface area contributed by atoms with E-state index < -0.39 is 11.0 Å². The molecule has 0 bridgehead atoms. The summed E-state index contributed by atoms with van der Waals surface area (Å²) in [5, 5.41) is 18.9. The van der Waals surface area contributed by atoms with Crippen molar-refractivity contribution in [3.05, 3.63) is 69.3 Å². The molecule has 156 valence electrons. The molecule has 3 rings (SSSR count). The number of aryl methyl sites for hydroxylation is 1. The molecule has 0 aliphatic heterocycles. The van der Waals surface area contributed by atoms with Crippen molar-refractivity contribution in [2.75, 3.05) is 5.32 Å². The number of nitrogens with one attached hydrogen (secondary N) is 1. The van der Waals surface area contributed by atoms with Crippen LogP contribution in [0.5, 0.6) is 11.5 Å². The molecule has 2 aromatic heterocycles. The molecule has 1 atom stereocenters. The van der Waals surface area contributed by atoms with Gasteiger partial charge in [-0.15, -0.1) is 0 Å². The number of aromatic nitrogens is 3. The standard InChI is InChI=1S/C20H20ClN5O4/c1-4-18(25-13(3)19(21)12(2)24-25)20(27)23-14-8-15(26(28)29)10-17(9-14)30-16-6-5-7-22-11-16/h5-11,18H,4H2,1-3H3,(H,23,27). The molecule has 0 saturated heterocycles. The molecule has 30 heavy (non-hydrogen) atoms. The van der Waals surface area contributed by atoms with Gasteiger partial charge in [-0.05, 0) is 32.4 Å². The first kappa shape index (κ1) is 21.3. The van der Waals surface area contributed by atoms with Crippen molar-refractivity contribution in [3.8, 4) is 11.5 Å². The second-order valence-corrected chi connectivity index (χ2v) is 6.98. The van der Waals surface area contributed by atoms with Gasteiger partial charge in [0.05, 0.1) is 39.3 Å². The lowest BCUT2D eigenvalue weighted by molar-refractivity contribution is -0.384. The van der Waals surface area contributed by atoms with Crippen LogP contribution in [0.4, 0.5) is 11.4 Å². The monoisotopic (exact) mass is 429 g/mol. The minimum Gasteiger partial charge on any atom is -0.455 e. The third-order valence-electron chi connectivity index (χ3n) is 4.46. The average Bonchev–Trinajstić information content (AvgIpc) is 2.96. The minimum atomic E-state index is -0.627. The largest absolute Gasteiger partial charge is 0.455 e. The van der Waals surface area contributed by atoms with Crippen LogP contribution in [0, 0.1) is 24.0 Å². The summed E-state index contributed by atoms with van der Waals surface area (Å²) in [6, 6.07) is 6.79.